The fourth-order valence-electron chi connectivity index (χ4n) is 2.05. The summed E-state index contributed by atoms with van der Waals surface area (Å²) >= 11 is 0. The molecule has 1 aliphatic heterocycles. The normalized spacial score (nSPS) is 15.9. The lowest BCUT2D eigenvalue weighted by atomic mass is 9.84. The number of carbonyl (C=O) groups is 1. The van der Waals surface area contributed by atoms with Crippen molar-refractivity contribution < 1.29 is 19.4 Å². The molecule has 1 atom stereocenters. The van der Waals surface area contributed by atoms with Crippen molar-refractivity contribution in [2.75, 3.05) is 13.2 Å². The largest absolute Gasteiger partial charge is 0.486 e. The van der Waals surface area contributed by atoms with Crippen LogP contribution in [0.1, 0.15) is 31.9 Å². The van der Waals surface area contributed by atoms with Crippen molar-refractivity contribution in [1.82, 2.24) is 0 Å². The number of hydrogen-bond acceptors (Lipinski definition) is 4. The summed E-state index contributed by atoms with van der Waals surface area (Å²) in [5.74, 6) is 0.535. The molecule has 0 saturated carbocycles. The summed E-state index contributed by atoms with van der Waals surface area (Å²) in [6.07, 6.45) is 0.363. The quantitative estimate of drug-likeness (QED) is 0.869. The van der Waals surface area contributed by atoms with Gasteiger partial charge in [-0.2, -0.15) is 0 Å². The number of hydrogen-bond donors (Lipinski definition) is 2. The third-order valence-electron chi connectivity index (χ3n) is 3.30. The molecule has 0 aliphatic carbocycles. The van der Waals surface area contributed by atoms with Crippen molar-refractivity contribution in [3.63, 3.8) is 0 Å². The molecule has 104 valence electrons. The molecule has 3 N–H and O–H groups in total. The lowest BCUT2D eigenvalue weighted by Gasteiger charge is -2.25. The minimum absolute atomic E-state index is 0.345. The van der Waals surface area contributed by atoms with Gasteiger partial charge in [0.1, 0.15) is 13.2 Å². The Morgan fingerprint density at radius 1 is 1.37 bits per heavy atom. The lowest BCUT2D eigenvalue weighted by Crippen LogP contribution is -2.29. The van der Waals surface area contributed by atoms with Crippen molar-refractivity contribution in [3.05, 3.63) is 23.8 Å². The van der Waals surface area contributed by atoms with Crippen LogP contribution in [0.3, 0.4) is 0 Å². The molecule has 0 fully saturated rings. The highest BCUT2D eigenvalue weighted by Crippen LogP contribution is 2.35. The molecule has 0 saturated heterocycles. The molecule has 1 aromatic rings. The van der Waals surface area contributed by atoms with Crippen LogP contribution in [0.15, 0.2) is 18.2 Å². The van der Waals surface area contributed by atoms with Gasteiger partial charge in [0.2, 0.25) is 0 Å². The second kappa shape index (κ2) is 5.09. The summed E-state index contributed by atoms with van der Waals surface area (Å²) < 4.78 is 10.9. The Morgan fingerprint density at radius 3 is 2.63 bits per heavy atom. The molecule has 0 radical (unpaired) electrons. The Labute approximate surface area is 112 Å². The maximum absolute atomic E-state index is 11.1. The van der Waals surface area contributed by atoms with Gasteiger partial charge < -0.3 is 20.3 Å². The molecule has 0 amide bonds. The van der Waals surface area contributed by atoms with Crippen LogP contribution in [0, 0.1) is 5.41 Å². The van der Waals surface area contributed by atoms with E-state index in [2.05, 4.69) is 0 Å². The minimum atomic E-state index is -0.854. The average Bonchev–Trinajstić information content (AvgIpc) is 2.37. The van der Waals surface area contributed by atoms with E-state index in [0.29, 0.717) is 31.1 Å². The molecule has 0 aromatic heterocycles. The maximum atomic E-state index is 11.1. The first-order valence-electron chi connectivity index (χ1n) is 6.29. The number of ether oxygens (including phenoxy) is 2. The van der Waals surface area contributed by atoms with Crippen molar-refractivity contribution in [2.24, 2.45) is 11.1 Å². The predicted octanol–water partition coefficient (Wildman–Crippen LogP) is 1.96. The van der Waals surface area contributed by atoms with E-state index in [1.54, 1.807) is 13.8 Å². The third kappa shape index (κ3) is 2.98. The molecule has 1 aliphatic rings. The smallest absolute Gasteiger partial charge is 0.309 e. The van der Waals surface area contributed by atoms with Crippen LogP contribution in [0.25, 0.3) is 0 Å². The monoisotopic (exact) mass is 265 g/mol. The van der Waals surface area contributed by atoms with Gasteiger partial charge in [-0.15, -0.1) is 0 Å². The Balaban J connectivity index is 2.15. The first-order valence-corrected chi connectivity index (χ1v) is 6.29. The number of carboxylic acids is 1. The molecular weight excluding hydrogens is 246 g/mol. The highest BCUT2D eigenvalue weighted by molar-refractivity contribution is 5.73. The molecule has 0 bridgehead atoms. The van der Waals surface area contributed by atoms with E-state index >= 15 is 0 Å². The van der Waals surface area contributed by atoms with Gasteiger partial charge in [-0.05, 0) is 38.0 Å². The Morgan fingerprint density at radius 2 is 2.00 bits per heavy atom. The summed E-state index contributed by atoms with van der Waals surface area (Å²) in [4.78, 5) is 11.1. The average molecular weight is 265 g/mol. The Bertz CT molecular complexity index is 484. The van der Waals surface area contributed by atoms with Crippen LogP contribution in [-0.4, -0.2) is 24.3 Å². The summed E-state index contributed by atoms with van der Waals surface area (Å²) in [5.41, 5.74) is 6.10. The van der Waals surface area contributed by atoms with Gasteiger partial charge in [-0.25, -0.2) is 0 Å². The van der Waals surface area contributed by atoms with E-state index in [0.717, 1.165) is 5.56 Å². The minimum Gasteiger partial charge on any atom is -0.486 e. The van der Waals surface area contributed by atoms with E-state index in [-0.39, 0.29) is 6.04 Å². The van der Waals surface area contributed by atoms with Crippen molar-refractivity contribution >= 4 is 5.97 Å². The summed E-state index contributed by atoms with van der Waals surface area (Å²) in [7, 11) is 0. The molecule has 1 unspecified atom stereocenters. The van der Waals surface area contributed by atoms with E-state index in [4.69, 9.17) is 20.3 Å². The molecule has 1 heterocycles. The summed E-state index contributed by atoms with van der Waals surface area (Å²) in [5, 5.41) is 9.13. The van der Waals surface area contributed by atoms with Crippen LogP contribution < -0.4 is 15.2 Å². The second-order valence-corrected chi connectivity index (χ2v) is 5.40. The number of nitrogens with two attached hydrogens (primary N) is 1. The fourth-order valence-corrected chi connectivity index (χ4v) is 2.05. The van der Waals surface area contributed by atoms with Crippen molar-refractivity contribution in [3.8, 4) is 11.5 Å². The number of aliphatic carboxylic acids is 1. The third-order valence-corrected chi connectivity index (χ3v) is 3.30. The van der Waals surface area contributed by atoms with Crippen molar-refractivity contribution in [2.45, 2.75) is 26.3 Å². The number of benzene rings is 1. The molecule has 1 aromatic carbocycles. The Kier molecular flexibility index (Phi) is 3.66. The van der Waals surface area contributed by atoms with Crippen LogP contribution in [0.2, 0.25) is 0 Å². The molecule has 2 rings (SSSR count). The zero-order valence-corrected chi connectivity index (χ0v) is 11.2. The Hall–Kier alpha value is -1.75. The van der Waals surface area contributed by atoms with E-state index in [1.807, 2.05) is 18.2 Å². The number of carboxylic acid groups (broad SMARTS) is 1. The van der Waals surface area contributed by atoms with Gasteiger partial charge in [-0.1, -0.05) is 6.07 Å². The molecule has 0 spiro atoms. The zero-order valence-electron chi connectivity index (χ0n) is 11.2. The SMILES string of the molecule is CC(C)(CC(N)c1ccc2c(c1)OCCO2)C(=O)O. The van der Waals surface area contributed by atoms with Gasteiger partial charge in [0.25, 0.3) is 0 Å². The predicted molar refractivity (Wildman–Crippen MR) is 70.4 cm³/mol. The van der Waals surface area contributed by atoms with Gasteiger partial charge in [0.15, 0.2) is 11.5 Å². The molecular formula is C14H19NO4. The van der Waals surface area contributed by atoms with Crippen molar-refractivity contribution in [1.29, 1.82) is 0 Å². The van der Waals surface area contributed by atoms with Crippen LogP contribution in [0.4, 0.5) is 0 Å². The second-order valence-electron chi connectivity index (χ2n) is 5.40. The first kappa shape index (κ1) is 13.7. The van der Waals surface area contributed by atoms with E-state index in [9.17, 15) is 4.79 Å². The summed E-state index contributed by atoms with van der Waals surface area (Å²) in [6.45, 7) is 4.41. The van der Waals surface area contributed by atoms with Crippen LogP contribution in [-0.2, 0) is 4.79 Å². The topological polar surface area (TPSA) is 81.8 Å². The zero-order chi connectivity index (χ0) is 14.0. The fraction of sp³-hybridized carbons (Fsp3) is 0.500. The van der Waals surface area contributed by atoms with Gasteiger partial charge in [0.05, 0.1) is 5.41 Å². The number of rotatable bonds is 4. The highest BCUT2D eigenvalue weighted by atomic mass is 16.6. The van der Waals surface area contributed by atoms with E-state index < -0.39 is 11.4 Å². The van der Waals surface area contributed by atoms with Crippen LogP contribution >= 0.6 is 0 Å². The van der Waals surface area contributed by atoms with Crippen LogP contribution in [0.5, 0.6) is 11.5 Å². The van der Waals surface area contributed by atoms with E-state index in [1.165, 1.54) is 0 Å². The van der Waals surface area contributed by atoms with Gasteiger partial charge >= 0.3 is 5.97 Å². The number of fused-ring (bicyclic) bond motifs is 1. The molecule has 19 heavy (non-hydrogen) atoms. The maximum Gasteiger partial charge on any atom is 0.309 e. The molecule has 5 heteroatoms. The molecule has 5 nitrogen and oxygen atoms in total. The summed E-state index contributed by atoms with van der Waals surface area (Å²) in [6, 6.07) is 5.16. The highest BCUT2D eigenvalue weighted by Gasteiger charge is 2.30. The van der Waals surface area contributed by atoms with Gasteiger partial charge in [0, 0.05) is 6.04 Å². The van der Waals surface area contributed by atoms with Gasteiger partial charge in [-0.3, -0.25) is 4.79 Å². The first-order chi connectivity index (χ1) is 8.90. The standard InChI is InChI=1S/C14H19NO4/c1-14(2,13(16)17)8-10(15)9-3-4-11-12(7-9)19-6-5-18-11/h3-4,7,10H,5-6,8,15H2,1-2H3,(H,16,17). The lowest BCUT2D eigenvalue weighted by molar-refractivity contribution is -0.147.